The highest BCUT2D eigenvalue weighted by Gasteiger charge is 2.30. The number of hydrogen-bond acceptors (Lipinski definition) is 4. The van der Waals surface area contributed by atoms with Gasteiger partial charge in [-0.3, -0.25) is 4.79 Å². The van der Waals surface area contributed by atoms with Gasteiger partial charge >= 0.3 is 5.97 Å². The smallest absolute Gasteiger partial charge is 0.328 e. The Bertz CT molecular complexity index is 496. The summed E-state index contributed by atoms with van der Waals surface area (Å²) in [4.78, 5) is 23.1. The fourth-order valence-corrected chi connectivity index (χ4v) is 1.40. The molecule has 6 heteroatoms. The molecule has 0 unspecified atom stereocenters. The van der Waals surface area contributed by atoms with Crippen molar-refractivity contribution >= 4 is 11.9 Å². The van der Waals surface area contributed by atoms with Crippen LogP contribution in [0.15, 0.2) is 18.2 Å². The number of carbonyl (C=O) groups excluding carboxylic acids is 1. The summed E-state index contributed by atoms with van der Waals surface area (Å²) in [5.41, 5.74) is -1.15. The summed E-state index contributed by atoms with van der Waals surface area (Å²) in [5.74, 6) is -0.829. The average Bonchev–Trinajstić information content (AvgIpc) is 2.37. The number of rotatable bonds is 5. The SMILES string of the molecule is COc1ccc(OC)c(C(=O)NC(C)(C)C(=O)O)c1. The van der Waals surface area contributed by atoms with Gasteiger partial charge in [-0.1, -0.05) is 0 Å². The first-order valence-electron chi connectivity index (χ1n) is 5.59. The van der Waals surface area contributed by atoms with Crippen molar-refractivity contribution in [1.29, 1.82) is 0 Å². The van der Waals surface area contributed by atoms with Crippen LogP contribution in [0.5, 0.6) is 11.5 Å². The minimum absolute atomic E-state index is 0.219. The predicted octanol–water partition coefficient (Wildman–Crippen LogP) is 1.30. The van der Waals surface area contributed by atoms with E-state index in [1.807, 2.05) is 0 Å². The number of carboxylic acid groups (broad SMARTS) is 1. The predicted molar refractivity (Wildman–Crippen MR) is 68.7 cm³/mol. The van der Waals surface area contributed by atoms with E-state index >= 15 is 0 Å². The highest BCUT2D eigenvalue weighted by atomic mass is 16.5. The number of nitrogens with one attached hydrogen (secondary N) is 1. The Labute approximate surface area is 111 Å². The lowest BCUT2D eigenvalue weighted by atomic mass is 10.0. The van der Waals surface area contributed by atoms with Gasteiger partial charge in [0.15, 0.2) is 0 Å². The van der Waals surface area contributed by atoms with Crippen molar-refractivity contribution < 1.29 is 24.2 Å². The summed E-state index contributed by atoms with van der Waals surface area (Å²) in [5, 5.41) is 11.4. The molecule has 19 heavy (non-hydrogen) atoms. The number of aliphatic carboxylic acids is 1. The molecule has 104 valence electrons. The monoisotopic (exact) mass is 267 g/mol. The number of carbonyl (C=O) groups is 2. The summed E-state index contributed by atoms with van der Waals surface area (Å²) >= 11 is 0. The molecular formula is C13H17NO5. The molecule has 0 aliphatic heterocycles. The van der Waals surface area contributed by atoms with Crippen LogP contribution in [0.4, 0.5) is 0 Å². The Morgan fingerprint density at radius 1 is 1.21 bits per heavy atom. The van der Waals surface area contributed by atoms with Crippen LogP contribution in [-0.4, -0.2) is 36.7 Å². The van der Waals surface area contributed by atoms with Crippen LogP contribution >= 0.6 is 0 Å². The molecule has 0 heterocycles. The van der Waals surface area contributed by atoms with E-state index in [2.05, 4.69) is 5.32 Å². The second kappa shape index (κ2) is 5.60. The molecule has 1 aromatic rings. The summed E-state index contributed by atoms with van der Waals surface area (Å²) < 4.78 is 10.1. The van der Waals surface area contributed by atoms with Gasteiger partial charge in [-0.25, -0.2) is 4.79 Å². The van der Waals surface area contributed by atoms with E-state index in [-0.39, 0.29) is 5.56 Å². The topological polar surface area (TPSA) is 84.9 Å². The van der Waals surface area contributed by atoms with Crippen molar-refractivity contribution in [3.8, 4) is 11.5 Å². The summed E-state index contributed by atoms with van der Waals surface area (Å²) in [6.07, 6.45) is 0. The van der Waals surface area contributed by atoms with E-state index in [0.717, 1.165) is 0 Å². The lowest BCUT2D eigenvalue weighted by molar-refractivity contribution is -0.143. The van der Waals surface area contributed by atoms with Gasteiger partial charge in [0.25, 0.3) is 5.91 Å². The molecule has 0 atom stereocenters. The first kappa shape index (κ1) is 14.8. The molecule has 0 fully saturated rings. The first-order chi connectivity index (χ1) is 8.81. The molecule has 0 saturated heterocycles. The summed E-state index contributed by atoms with van der Waals surface area (Å²) in [6.45, 7) is 2.81. The van der Waals surface area contributed by atoms with Gasteiger partial charge in [-0.05, 0) is 32.0 Å². The number of hydrogen-bond donors (Lipinski definition) is 2. The summed E-state index contributed by atoms with van der Waals surface area (Å²) in [7, 11) is 2.91. The van der Waals surface area contributed by atoms with Crippen molar-refractivity contribution in [2.75, 3.05) is 14.2 Å². The van der Waals surface area contributed by atoms with E-state index in [1.54, 1.807) is 12.1 Å². The zero-order chi connectivity index (χ0) is 14.6. The number of carboxylic acids is 1. The zero-order valence-corrected chi connectivity index (χ0v) is 11.3. The van der Waals surface area contributed by atoms with Crippen LogP contribution in [0.1, 0.15) is 24.2 Å². The third-order valence-electron chi connectivity index (χ3n) is 2.61. The molecular weight excluding hydrogens is 250 g/mol. The molecule has 0 radical (unpaired) electrons. The number of methoxy groups -OCH3 is 2. The molecule has 1 amide bonds. The third-order valence-corrected chi connectivity index (χ3v) is 2.61. The maximum absolute atomic E-state index is 12.1. The fraction of sp³-hybridized carbons (Fsp3) is 0.385. The van der Waals surface area contributed by atoms with Crippen LogP contribution in [-0.2, 0) is 4.79 Å². The molecule has 1 aromatic carbocycles. The molecule has 6 nitrogen and oxygen atoms in total. The van der Waals surface area contributed by atoms with Crippen molar-refractivity contribution in [1.82, 2.24) is 5.32 Å². The van der Waals surface area contributed by atoms with Gasteiger partial charge in [-0.15, -0.1) is 0 Å². The highest BCUT2D eigenvalue weighted by molar-refractivity contribution is 6.00. The minimum atomic E-state index is -1.37. The number of benzene rings is 1. The van der Waals surface area contributed by atoms with Crippen LogP contribution < -0.4 is 14.8 Å². The molecule has 0 spiro atoms. The Balaban J connectivity index is 3.08. The molecule has 2 N–H and O–H groups in total. The maximum atomic E-state index is 12.1. The van der Waals surface area contributed by atoms with E-state index in [1.165, 1.54) is 34.1 Å². The van der Waals surface area contributed by atoms with Crippen molar-refractivity contribution in [3.63, 3.8) is 0 Å². The van der Waals surface area contributed by atoms with Gasteiger partial charge in [0.2, 0.25) is 0 Å². The Hall–Kier alpha value is -2.24. The Morgan fingerprint density at radius 3 is 2.32 bits per heavy atom. The van der Waals surface area contributed by atoms with Gasteiger partial charge < -0.3 is 19.9 Å². The number of ether oxygens (including phenoxy) is 2. The standard InChI is InChI=1S/C13H17NO5/c1-13(2,12(16)17)14-11(15)9-7-8(18-3)5-6-10(9)19-4/h5-7H,1-4H3,(H,14,15)(H,16,17). The second-order valence-corrected chi connectivity index (χ2v) is 4.45. The van der Waals surface area contributed by atoms with E-state index < -0.39 is 17.4 Å². The van der Waals surface area contributed by atoms with Crippen molar-refractivity contribution in [3.05, 3.63) is 23.8 Å². The number of amides is 1. The third kappa shape index (κ3) is 3.37. The normalized spacial score (nSPS) is 10.7. The quantitative estimate of drug-likeness (QED) is 0.839. The molecule has 1 rings (SSSR count). The van der Waals surface area contributed by atoms with E-state index in [4.69, 9.17) is 14.6 Å². The average molecular weight is 267 g/mol. The first-order valence-corrected chi connectivity index (χ1v) is 5.59. The van der Waals surface area contributed by atoms with Gasteiger partial charge in [0.1, 0.15) is 17.0 Å². The van der Waals surface area contributed by atoms with E-state index in [9.17, 15) is 9.59 Å². The molecule has 0 aliphatic rings. The molecule has 0 aromatic heterocycles. The summed E-state index contributed by atoms with van der Waals surface area (Å²) in [6, 6.07) is 4.73. The fourth-order valence-electron chi connectivity index (χ4n) is 1.40. The van der Waals surface area contributed by atoms with Crippen molar-refractivity contribution in [2.24, 2.45) is 0 Å². The molecule has 0 bridgehead atoms. The van der Waals surface area contributed by atoms with Crippen LogP contribution in [0.25, 0.3) is 0 Å². The van der Waals surface area contributed by atoms with Gasteiger partial charge in [0.05, 0.1) is 19.8 Å². The second-order valence-electron chi connectivity index (χ2n) is 4.45. The maximum Gasteiger partial charge on any atom is 0.328 e. The lowest BCUT2D eigenvalue weighted by Crippen LogP contribution is -2.49. The Kier molecular flexibility index (Phi) is 4.37. The van der Waals surface area contributed by atoms with Crippen LogP contribution in [0.2, 0.25) is 0 Å². The highest BCUT2D eigenvalue weighted by Crippen LogP contribution is 2.24. The van der Waals surface area contributed by atoms with Crippen molar-refractivity contribution in [2.45, 2.75) is 19.4 Å². The zero-order valence-electron chi connectivity index (χ0n) is 11.3. The molecule has 0 saturated carbocycles. The molecule has 0 aliphatic carbocycles. The van der Waals surface area contributed by atoms with Gasteiger partial charge in [-0.2, -0.15) is 0 Å². The van der Waals surface area contributed by atoms with Crippen LogP contribution in [0.3, 0.4) is 0 Å². The largest absolute Gasteiger partial charge is 0.497 e. The van der Waals surface area contributed by atoms with Crippen LogP contribution in [0, 0.1) is 0 Å². The lowest BCUT2D eigenvalue weighted by Gasteiger charge is -2.21. The Morgan fingerprint density at radius 2 is 1.84 bits per heavy atom. The van der Waals surface area contributed by atoms with Gasteiger partial charge in [0, 0.05) is 0 Å². The minimum Gasteiger partial charge on any atom is -0.497 e. The van der Waals surface area contributed by atoms with E-state index in [0.29, 0.717) is 11.5 Å².